The average molecular weight is 192 g/mol. The van der Waals surface area contributed by atoms with Crippen molar-refractivity contribution in [2.24, 2.45) is 23.7 Å². The number of hydrogen-bond donors (Lipinski definition) is 0. The van der Waals surface area contributed by atoms with Crippen LogP contribution in [0, 0.1) is 23.7 Å². The van der Waals surface area contributed by atoms with Crippen molar-refractivity contribution in [2.45, 2.75) is 64.2 Å². The van der Waals surface area contributed by atoms with Crippen LogP contribution in [0.5, 0.6) is 0 Å². The van der Waals surface area contributed by atoms with E-state index in [2.05, 4.69) is 0 Å². The molecule has 2 atom stereocenters. The lowest BCUT2D eigenvalue weighted by Crippen LogP contribution is -2.15. The van der Waals surface area contributed by atoms with Crippen molar-refractivity contribution in [3.8, 4) is 0 Å². The van der Waals surface area contributed by atoms with E-state index in [1.54, 1.807) is 64.2 Å². The van der Waals surface area contributed by atoms with Gasteiger partial charge in [-0.2, -0.15) is 0 Å². The van der Waals surface area contributed by atoms with Gasteiger partial charge in [0.25, 0.3) is 0 Å². The van der Waals surface area contributed by atoms with Gasteiger partial charge in [0.15, 0.2) is 0 Å². The molecule has 0 saturated heterocycles. The van der Waals surface area contributed by atoms with Crippen LogP contribution >= 0.6 is 0 Å². The molecule has 0 aromatic heterocycles. The van der Waals surface area contributed by atoms with E-state index in [0.717, 1.165) is 23.7 Å². The summed E-state index contributed by atoms with van der Waals surface area (Å²) in [6.07, 6.45) is 15.8. The maximum Gasteiger partial charge on any atom is -0.0383 e. The van der Waals surface area contributed by atoms with E-state index in [9.17, 15) is 0 Å². The molecule has 4 rings (SSSR count). The van der Waals surface area contributed by atoms with Crippen LogP contribution in [-0.2, 0) is 0 Å². The molecular weight excluding hydrogens is 168 g/mol. The predicted octanol–water partition coefficient (Wildman–Crippen LogP) is 4.39. The summed E-state index contributed by atoms with van der Waals surface area (Å²) in [6, 6.07) is 0. The zero-order valence-electron chi connectivity index (χ0n) is 9.38. The molecule has 80 valence electrons. The van der Waals surface area contributed by atoms with Crippen LogP contribution in [-0.4, -0.2) is 0 Å². The smallest absolute Gasteiger partial charge is 0.0383 e. The Morgan fingerprint density at radius 1 is 0.500 bits per heavy atom. The highest BCUT2D eigenvalue weighted by molar-refractivity contribution is 4.85. The zero-order chi connectivity index (χ0) is 9.38. The van der Waals surface area contributed by atoms with E-state index in [4.69, 9.17) is 0 Å². The second-order valence-electron chi connectivity index (χ2n) is 6.15. The van der Waals surface area contributed by atoms with Crippen molar-refractivity contribution in [1.29, 1.82) is 0 Å². The molecule has 0 amide bonds. The lowest BCUT2D eigenvalue weighted by Gasteiger charge is -2.27. The SMILES string of the molecule is C1CC2CCC3CCC(CC3)CC2C1. The summed E-state index contributed by atoms with van der Waals surface area (Å²) in [6.45, 7) is 0. The topological polar surface area (TPSA) is 0 Å². The third kappa shape index (κ3) is 1.73. The first-order chi connectivity index (χ1) is 6.92. The molecule has 0 heterocycles. The normalized spacial score (nSPS) is 48.0. The Balaban J connectivity index is 1.73. The Labute approximate surface area is 88.5 Å². The molecule has 4 aliphatic carbocycles. The van der Waals surface area contributed by atoms with Gasteiger partial charge in [0.1, 0.15) is 0 Å². The van der Waals surface area contributed by atoms with E-state index < -0.39 is 0 Å². The number of fused-ring (bicyclic) bond motifs is 3. The predicted molar refractivity (Wildman–Crippen MR) is 60.1 cm³/mol. The Morgan fingerprint density at radius 3 is 2.00 bits per heavy atom. The number of rotatable bonds is 0. The second-order valence-corrected chi connectivity index (χ2v) is 6.15. The molecule has 0 N–H and O–H groups in total. The Morgan fingerprint density at radius 2 is 1.14 bits per heavy atom. The largest absolute Gasteiger partial charge is 0.0528 e. The van der Waals surface area contributed by atoms with Crippen LogP contribution in [0.3, 0.4) is 0 Å². The van der Waals surface area contributed by atoms with E-state index >= 15 is 0 Å². The minimum atomic E-state index is 1.13. The van der Waals surface area contributed by atoms with Gasteiger partial charge in [0.2, 0.25) is 0 Å². The van der Waals surface area contributed by atoms with Crippen LogP contribution in [0.15, 0.2) is 0 Å². The third-order valence-electron chi connectivity index (χ3n) is 5.36. The Kier molecular flexibility index (Phi) is 2.55. The first-order valence-electron chi connectivity index (χ1n) is 6.92. The molecule has 4 aliphatic rings. The molecule has 0 spiro atoms. The summed E-state index contributed by atoms with van der Waals surface area (Å²) < 4.78 is 0. The van der Waals surface area contributed by atoms with E-state index in [0.29, 0.717) is 0 Å². The molecule has 14 heavy (non-hydrogen) atoms. The highest BCUT2D eigenvalue weighted by Gasteiger charge is 2.33. The van der Waals surface area contributed by atoms with E-state index in [1.807, 2.05) is 0 Å². The summed E-state index contributed by atoms with van der Waals surface area (Å²) >= 11 is 0. The second kappa shape index (κ2) is 3.87. The van der Waals surface area contributed by atoms with Gasteiger partial charge < -0.3 is 0 Å². The first kappa shape index (κ1) is 9.24. The minimum absolute atomic E-state index is 1.13. The van der Waals surface area contributed by atoms with Crippen LogP contribution in [0.2, 0.25) is 0 Å². The molecule has 0 aromatic rings. The van der Waals surface area contributed by atoms with Crippen LogP contribution in [0.25, 0.3) is 0 Å². The number of hydrogen-bond acceptors (Lipinski definition) is 0. The Hall–Kier alpha value is 0. The van der Waals surface area contributed by atoms with Crippen molar-refractivity contribution in [3.63, 3.8) is 0 Å². The molecule has 2 unspecified atom stereocenters. The van der Waals surface area contributed by atoms with E-state index in [-0.39, 0.29) is 0 Å². The standard InChI is InChI=1S/C14H24/c1-2-13-9-8-11-4-6-12(7-5-11)10-14(13)3-1/h11-14H,1-10H2. The summed E-state index contributed by atoms with van der Waals surface area (Å²) in [5, 5.41) is 0. The molecule has 4 fully saturated rings. The van der Waals surface area contributed by atoms with Crippen molar-refractivity contribution in [2.75, 3.05) is 0 Å². The summed E-state index contributed by atoms with van der Waals surface area (Å²) in [7, 11) is 0. The fourth-order valence-electron chi connectivity index (χ4n) is 4.44. The summed E-state index contributed by atoms with van der Waals surface area (Å²) in [5.41, 5.74) is 0. The highest BCUT2D eigenvalue weighted by Crippen LogP contribution is 2.46. The van der Waals surface area contributed by atoms with Crippen molar-refractivity contribution < 1.29 is 0 Å². The lowest BCUT2D eigenvalue weighted by atomic mass is 9.78. The van der Waals surface area contributed by atoms with Crippen molar-refractivity contribution in [3.05, 3.63) is 0 Å². The maximum absolute atomic E-state index is 1.61. The molecular formula is C14H24. The van der Waals surface area contributed by atoms with Gasteiger partial charge in [-0.05, 0) is 36.5 Å². The minimum Gasteiger partial charge on any atom is -0.0528 e. The summed E-state index contributed by atoms with van der Waals surface area (Å²) in [4.78, 5) is 0. The summed E-state index contributed by atoms with van der Waals surface area (Å²) in [5.74, 6) is 4.56. The molecule has 4 saturated carbocycles. The van der Waals surface area contributed by atoms with Crippen molar-refractivity contribution >= 4 is 0 Å². The monoisotopic (exact) mass is 192 g/mol. The molecule has 2 bridgehead atoms. The molecule has 0 aliphatic heterocycles. The fourth-order valence-corrected chi connectivity index (χ4v) is 4.44. The third-order valence-corrected chi connectivity index (χ3v) is 5.36. The van der Waals surface area contributed by atoms with Gasteiger partial charge in [0.05, 0.1) is 0 Å². The van der Waals surface area contributed by atoms with Crippen molar-refractivity contribution in [1.82, 2.24) is 0 Å². The molecule has 0 nitrogen and oxygen atoms in total. The fraction of sp³-hybridized carbons (Fsp3) is 1.00. The first-order valence-corrected chi connectivity index (χ1v) is 6.92. The van der Waals surface area contributed by atoms with Crippen LogP contribution < -0.4 is 0 Å². The van der Waals surface area contributed by atoms with Crippen LogP contribution in [0.4, 0.5) is 0 Å². The van der Waals surface area contributed by atoms with Gasteiger partial charge in [-0.15, -0.1) is 0 Å². The van der Waals surface area contributed by atoms with E-state index in [1.165, 1.54) is 0 Å². The quantitative estimate of drug-likeness (QED) is 0.534. The van der Waals surface area contributed by atoms with Crippen LogP contribution in [0.1, 0.15) is 64.2 Å². The average Bonchev–Trinajstić information content (AvgIpc) is 2.66. The Bertz CT molecular complexity index is 188. The highest BCUT2D eigenvalue weighted by atomic mass is 14.4. The molecule has 0 heteroatoms. The zero-order valence-corrected chi connectivity index (χ0v) is 9.38. The van der Waals surface area contributed by atoms with Gasteiger partial charge in [-0.3, -0.25) is 0 Å². The van der Waals surface area contributed by atoms with Gasteiger partial charge >= 0.3 is 0 Å². The van der Waals surface area contributed by atoms with Gasteiger partial charge in [0, 0.05) is 0 Å². The van der Waals surface area contributed by atoms with Gasteiger partial charge in [-0.25, -0.2) is 0 Å². The molecule has 0 radical (unpaired) electrons. The maximum atomic E-state index is 1.61. The lowest BCUT2D eigenvalue weighted by molar-refractivity contribution is 0.245. The molecule has 0 aromatic carbocycles. The van der Waals surface area contributed by atoms with Gasteiger partial charge in [-0.1, -0.05) is 51.4 Å².